The van der Waals surface area contributed by atoms with Crippen LogP contribution in [0.2, 0.25) is 10.0 Å². The van der Waals surface area contributed by atoms with Crippen LogP contribution in [0.3, 0.4) is 0 Å². The lowest BCUT2D eigenvalue weighted by Crippen LogP contribution is -2.21. The van der Waals surface area contributed by atoms with Gasteiger partial charge in [0.05, 0.1) is 21.3 Å². The van der Waals surface area contributed by atoms with Crippen molar-refractivity contribution in [3.63, 3.8) is 0 Å². The molecule has 0 fully saturated rings. The Morgan fingerprint density at radius 1 is 1.03 bits per heavy atom. The minimum Gasteiger partial charge on any atom is -0.478 e. The molecule has 0 saturated carbocycles. The summed E-state index contributed by atoms with van der Waals surface area (Å²) in [6, 6.07) is 10.4. The van der Waals surface area contributed by atoms with Gasteiger partial charge < -0.3 is 20.5 Å². The number of carboxylic acids is 1. The van der Waals surface area contributed by atoms with E-state index in [1.165, 1.54) is 31.2 Å². The van der Waals surface area contributed by atoms with Gasteiger partial charge in [-0.2, -0.15) is 0 Å². The second-order valence-corrected chi connectivity index (χ2v) is 6.71. The lowest BCUT2D eigenvalue weighted by Gasteiger charge is -2.09. The Morgan fingerprint density at radius 2 is 1.70 bits per heavy atom. The van der Waals surface area contributed by atoms with Crippen molar-refractivity contribution in [2.45, 2.75) is 6.92 Å². The molecule has 156 valence electrons. The highest BCUT2D eigenvalue weighted by molar-refractivity contribution is 6.44. The zero-order valence-electron chi connectivity index (χ0n) is 15.6. The summed E-state index contributed by atoms with van der Waals surface area (Å²) in [5, 5.41) is 14.1. The number of nitrogens with one attached hydrogen (secondary N) is 2. The predicted octanol–water partition coefficient (Wildman–Crippen LogP) is 3.76. The lowest BCUT2D eigenvalue weighted by molar-refractivity contribution is -0.132. The first kappa shape index (κ1) is 22.9. The van der Waals surface area contributed by atoms with Crippen molar-refractivity contribution in [3.05, 3.63) is 69.7 Å². The Balaban J connectivity index is 1.89. The molecule has 0 bridgehead atoms. The highest BCUT2D eigenvalue weighted by Gasteiger charge is 2.13. The fourth-order valence-electron chi connectivity index (χ4n) is 2.13. The van der Waals surface area contributed by atoms with Crippen molar-refractivity contribution >= 4 is 58.3 Å². The Labute approximate surface area is 181 Å². The summed E-state index contributed by atoms with van der Waals surface area (Å²) >= 11 is 11.8. The number of carbonyl (C=O) groups excluding carboxylic acids is 3. The molecule has 30 heavy (non-hydrogen) atoms. The van der Waals surface area contributed by atoms with E-state index in [1.54, 1.807) is 18.2 Å². The standard InChI is InChI=1S/C20H16Cl2N2O6/c1-11(19(27)28)9-16(25)23-13-7-5-12(6-8-13)20(29)30-10-17(26)24-15-4-2-3-14(21)18(15)22/h2-9H,10H2,1H3,(H,23,25)(H,24,26)(H,27,28)/b11-9-. The lowest BCUT2D eigenvalue weighted by atomic mass is 10.2. The Kier molecular flexibility index (Phi) is 7.97. The van der Waals surface area contributed by atoms with E-state index < -0.39 is 30.4 Å². The largest absolute Gasteiger partial charge is 0.478 e. The maximum Gasteiger partial charge on any atom is 0.338 e. The summed E-state index contributed by atoms with van der Waals surface area (Å²) in [6.45, 7) is 0.747. The fourth-order valence-corrected chi connectivity index (χ4v) is 2.48. The van der Waals surface area contributed by atoms with Gasteiger partial charge in [0.15, 0.2) is 6.61 Å². The normalized spacial score (nSPS) is 10.8. The van der Waals surface area contributed by atoms with Gasteiger partial charge in [0.2, 0.25) is 5.91 Å². The van der Waals surface area contributed by atoms with Crippen LogP contribution in [0.15, 0.2) is 54.1 Å². The average molecular weight is 451 g/mol. The quantitative estimate of drug-likeness (QED) is 0.435. The van der Waals surface area contributed by atoms with Crippen molar-refractivity contribution in [3.8, 4) is 0 Å². The molecule has 0 unspecified atom stereocenters. The number of aliphatic carboxylic acids is 1. The number of ether oxygens (including phenoxy) is 1. The molecule has 0 aliphatic carbocycles. The van der Waals surface area contributed by atoms with E-state index in [4.69, 9.17) is 33.0 Å². The van der Waals surface area contributed by atoms with Gasteiger partial charge >= 0.3 is 11.9 Å². The zero-order chi connectivity index (χ0) is 22.3. The average Bonchev–Trinajstić information content (AvgIpc) is 2.70. The van der Waals surface area contributed by atoms with Crippen molar-refractivity contribution in [2.75, 3.05) is 17.2 Å². The van der Waals surface area contributed by atoms with E-state index in [2.05, 4.69) is 10.6 Å². The fraction of sp³-hybridized carbons (Fsp3) is 0.100. The van der Waals surface area contributed by atoms with Crippen LogP contribution in [-0.2, 0) is 19.1 Å². The number of hydrogen-bond acceptors (Lipinski definition) is 5. The zero-order valence-corrected chi connectivity index (χ0v) is 17.1. The summed E-state index contributed by atoms with van der Waals surface area (Å²) in [7, 11) is 0. The second-order valence-electron chi connectivity index (χ2n) is 5.92. The van der Waals surface area contributed by atoms with Gasteiger partial charge in [-0.05, 0) is 43.3 Å². The van der Waals surface area contributed by atoms with E-state index in [0.717, 1.165) is 6.08 Å². The maximum absolute atomic E-state index is 12.1. The number of hydrogen-bond donors (Lipinski definition) is 3. The van der Waals surface area contributed by atoms with Crippen LogP contribution >= 0.6 is 23.2 Å². The first-order chi connectivity index (χ1) is 14.2. The monoisotopic (exact) mass is 450 g/mol. The molecule has 0 aliphatic rings. The van der Waals surface area contributed by atoms with Crippen LogP contribution in [0.4, 0.5) is 11.4 Å². The molecule has 2 aromatic carbocycles. The van der Waals surface area contributed by atoms with Crippen LogP contribution in [0.1, 0.15) is 17.3 Å². The van der Waals surface area contributed by atoms with Gasteiger partial charge in [0.1, 0.15) is 0 Å². The van der Waals surface area contributed by atoms with Crippen LogP contribution in [-0.4, -0.2) is 35.5 Å². The van der Waals surface area contributed by atoms with Gasteiger partial charge in [-0.15, -0.1) is 0 Å². The summed E-state index contributed by atoms with van der Waals surface area (Å²) in [4.78, 5) is 46.4. The van der Waals surface area contributed by atoms with Gasteiger partial charge in [0.25, 0.3) is 5.91 Å². The van der Waals surface area contributed by atoms with Gasteiger partial charge in [-0.3, -0.25) is 9.59 Å². The SMILES string of the molecule is C/C(=C/C(=O)Nc1ccc(C(=O)OCC(=O)Nc2cccc(Cl)c2Cl)cc1)C(=O)O. The third-order valence-corrected chi connectivity index (χ3v) is 4.45. The van der Waals surface area contributed by atoms with E-state index in [9.17, 15) is 19.2 Å². The topological polar surface area (TPSA) is 122 Å². The molecule has 2 rings (SSSR count). The predicted molar refractivity (Wildman–Crippen MR) is 112 cm³/mol. The van der Waals surface area contributed by atoms with Crippen LogP contribution in [0, 0.1) is 0 Å². The first-order valence-corrected chi connectivity index (χ1v) is 9.16. The summed E-state index contributed by atoms with van der Waals surface area (Å²) in [6.07, 6.45) is 0.940. The number of carbonyl (C=O) groups is 4. The van der Waals surface area contributed by atoms with E-state index in [1.807, 2.05) is 0 Å². The maximum atomic E-state index is 12.1. The van der Waals surface area contributed by atoms with Crippen molar-refractivity contribution < 1.29 is 29.0 Å². The van der Waals surface area contributed by atoms with E-state index >= 15 is 0 Å². The minimum absolute atomic E-state index is 0.120. The van der Waals surface area contributed by atoms with Crippen LogP contribution in [0.5, 0.6) is 0 Å². The molecule has 8 nitrogen and oxygen atoms in total. The number of amides is 2. The van der Waals surface area contributed by atoms with Crippen LogP contribution < -0.4 is 10.6 Å². The number of esters is 1. The number of rotatable bonds is 7. The highest BCUT2D eigenvalue weighted by atomic mass is 35.5. The Morgan fingerprint density at radius 3 is 2.33 bits per heavy atom. The molecule has 2 aromatic rings. The number of anilines is 2. The summed E-state index contributed by atoms with van der Waals surface area (Å²) in [5.41, 5.74) is 0.667. The van der Waals surface area contributed by atoms with Gasteiger partial charge in [-0.25, -0.2) is 9.59 Å². The minimum atomic E-state index is -1.20. The third-order valence-electron chi connectivity index (χ3n) is 3.63. The Bertz CT molecular complexity index is 1020. The van der Waals surface area contributed by atoms with Crippen LogP contribution in [0.25, 0.3) is 0 Å². The molecular formula is C20H16Cl2N2O6. The van der Waals surface area contributed by atoms with Gasteiger partial charge in [-0.1, -0.05) is 29.3 Å². The molecule has 0 spiro atoms. The number of benzene rings is 2. The first-order valence-electron chi connectivity index (χ1n) is 8.41. The second kappa shape index (κ2) is 10.4. The summed E-state index contributed by atoms with van der Waals surface area (Å²) < 4.78 is 4.94. The highest BCUT2D eigenvalue weighted by Crippen LogP contribution is 2.29. The molecule has 0 saturated heterocycles. The smallest absolute Gasteiger partial charge is 0.338 e. The number of halogens is 2. The molecule has 3 N–H and O–H groups in total. The van der Waals surface area contributed by atoms with Crippen molar-refractivity contribution in [1.29, 1.82) is 0 Å². The summed E-state index contributed by atoms with van der Waals surface area (Å²) in [5.74, 6) is -3.18. The molecule has 0 radical (unpaired) electrons. The van der Waals surface area contributed by atoms with Crippen molar-refractivity contribution in [2.24, 2.45) is 0 Å². The molecule has 0 atom stereocenters. The number of carboxylic acid groups (broad SMARTS) is 1. The van der Waals surface area contributed by atoms with E-state index in [0.29, 0.717) is 5.69 Å². The Hall–Kier alpha value is -3.36. The molecule has 0 aromatic heterocycles. The molecule has 10 heteroatoms. The molecule has 0 heterocycles. The molecule has 2 amide bonds. The third kappa shape index (κ3) is 6.61. The molecule has 0 aliphatic heterocycles. The van der Waals surface area contributed by atoms with Gasteiger partial charge in [0, 0.05) is 17.3 Å². The van der Waals surface area contributed by atoms with E-state index in [-0.39, 0.29) is 26.9 Å². The van der Waals surface area contributed by atoms with Crippen molar-refractivity contribution in [1.82, 2.24) is 0 Å². The molecular weight excluding hydrogens is 435 g/mol.